The summed E-state index contributed by atoms with van der Waals surface area (Å²) in [7, 11) is 1.59. The average molecular weight is 436 g/mol. The predicted octanol–water partition coefficient (Wildman–Crippen LogP) is 4.37. The number of nitrogens with one attached hydrogen (secondary N) is 2. The Kier molecular flexibility index (Phi) is 4.95. The molecule has 0 bridgehead atoms. The zero-order valence-electron chi connectivity index (χ0n) is 17.2. The van der Waals surface area contributed by atoms with Gasteiger partial charge in [0.2, 0.25) is 0 Å². The zero-order chi connectivity index (χ0) is 21.6. The van der Waals surface area contributed by atoms with E-state index in [1.54, 1.807) is 25.2 Å². The molecule has 1 atom stereocenters. The molecular weight excluding hydrogens is 413 g/mol. The lowest BCUT2D eigenvalue weighted by atomic mass is 9.83. The third kappa shape index (κ3) is 3.03. The highest BCUT2D eigenvalue weighted by Gasteiger charge is 2.48. The largest absolute Gasteiger partial charge is 0.359 e. The molecule has 1 unspecified atom stereocenters. The van der Waals surface area contributed by atoms with Crippen molar-refractivity contribution in [1.29, 1.82) is 0 Å². The highest BCUT2D eigenvalue weighted by atomic mass is 35.5. The van der Waals surface area contributed by atoms with Crippen LogP contribution in [-0.4, -0.2) is 32.6 Å². The van der Waals surface area contributed by atoms with Crippen LogP contribution in [0, 0.1) is 5.82 Å². The Labute approximate surface area is 186 Å². The van der Waals surface area contributed by atoms with Crippen LogP contribution in [-0.2, 0) is 12.0 Å². The minimum absolute atomic E-state index is 0.0612. The predicted molar refractivity (Wildman–Crippen MR) is 122 cm³/mol. The van der Waals surface area contributed by atoms with E-state index < -0.39 is 5.82 Å². The number of halogens is 2. The molecule has 0 aromatic heterocycles. The van der Waals surface area contributed by atoms with Gasteiger partial charge in [0.15, 0.2) is 0 Å². The zero-order valence-corrected chi connectivity index (χ0v) is 18.0. The standard InChI is InChI=1S/C25H23ClFN3O/c1-28-24(31)18-10-6-5-9-17(18)22-19-14-25(16-7-3-2-4-8-16)15-29-11-12-30(25)21(19)13-20(27)23(22)26/h2-10,13,29H,11-12,14-15H2,1H3,(H,28,31). The van der Waals surface area contributed by atoms with Crippen molar-refractivity contribution in [2.75, 3.05) is 31.6 Å². The number of benzene rings is 3. The third-order valence-corrected chi connectivity index (χ3v) is 6.86. The van der Waals surface area contributed by atoms with Crippen LogP contribution in [0.2, 0.25) is 5.02 Å². The molecule has 0 radical (unpaired) electrons. The molecule has 2 heterocycles. The molecular formula is C25H23ClFN3O. The first-order chi connectivity index (χ1) is 15.1. The summed E-state index contributed by atoms with van der Waals surface area (Å²) in [6, 6.07) is 19.1. The van der Waals surface area contributed by atoms with Gasteiger partial charge in [-0.25, -0.2) is 4.39 Å². The Morgan fingerprint density at radius 1 is 1.16 bits per heavy atom. The van der Waals surface area contributed by atoms with E-state index in [2.05, 4.69) is 27.7 Å². The van der Waals surface area contributed by atoms with Gasteiger partial charge in [-0.1, -0.05) is 60.1 Å². The van der Waals surface area contributed by atoms with Gasteiger partial charge in [-0.3, -0.25) is 4.79 Å². The van der Waals surface area contributed by atoms with Gasteiger partial charge in [-0.2, -0.15) is 0 Å². The van der Waals surface area contributed by atoms with Crippen LogP contribution >= 0.6 is 11.6 Å². The number of carbonyl (C=O) groups excluding carboxylic acids is 1. The second kappa shape index (κ2) is 7.66. The van der Waals surface area contributed by atoms with Gasteiger partial charge in [0, 0.05) is 49.9 Å². The Hall–Kier alpha value is -2.89. The summed E-state index contributed by atoms with van der Waals surface area (Å²) < 4.78 is 15.1. The molecule has 6 heteroatoms. The third-order valence-electron chi connectivity index (χ3n) is 6.49. The molecule has 3 aromatic rings. The van der Waals surface area contributed by atoms with Gasteiger partial charge < -0.3 is 15.5 Å². The van der Waals surface area contributed by atoms with Gasteiger partial charge in [0.05, 0.1) is 10.6 Å². The maximum Gasteiger partial charge on any atom is 0.251 e. The Balaban J connectivity index is 1.77. The van der Waals surface area contributed by atoms with Gasteiger partial charge in [0.25, 0.3) is 5.91 Å². The van der Waals surface area contributed by atoms with Crippen LogP contribution in [0.15, 0.2) is 60.7 Å². The summed E-state index contributed by atoms with van der Waals surface area (Å²) in [5.74, 6) is -0.690. The lowest BCUT2D eigenvalue weighted by molar-refractivity contribution is 0.0963. The first kappa shape index (κ1) is 20.0. The molecule has 0 saturated carbocycles. The molecule has 158 valence electrons. The first-order valence-corrected chi connectivity index (χ1v) is 10.8. The van der Waals surface area contributed by atoms with Crippen LogP contribution in [0.5, 0.6) is 0 Å². The summed E-state index contributed by atoms with van der Waals surface area (Å²) in [5, 5.41) is 6.27. The molecule has 4 nitrogen and oxygen atoms in total. The minimum Gasteiger partial charge on any atom is -0.359 e. The van der Waals surface area contributed by atoms with Crippen molar-refractivity contribution in [3.63, 3.8) is 0 Å². The fourth-order valence-electron chi connectivity index (χ4n) is 5.09. The van der Waals surface area contributed by atoms with Gasteiger partial charge >= 0.3 is 0 Å². The Morgan fingerprint density at radius 2 is 1.90 bits per heavy atom. The monoisotopic (exact) mass is 435 g/mol. The van der Waals surface area contributed by atoms with Gasteiger partial charge in [-0.05, 0) is 28.8 Å². The molecule has 2 N–H and O–H groups in total. The molecule has 5 rings (SSSR count). The van der Waals surface area contributed by atoms with Crippen LogP contribution < -0.4 is 15.5 Å². The van der Waals surface area contributed by atoms with E-state index in [9.17, 15) is 4.79 Å². The first-order valence-electron chi connectivity index (χ1n) is 10.4. The molecule has 3 aromatic carbocycles. The maximum atomic E-state index is 15.1. The second-order valence-corrected chi connectivity index (χ2v) is 8.45. The van der Waals surface area contributed by atoms with Crippen LogP contribution in [0.4, 0.5) is 10.1 Å². The summed E-state index contributed by atoms with van der Waals surface area (Å²) in [5.41, 5.74) is 4.44. The van der Waals surface area contributed by atoms with Crippen LogP contribution in [0.25, 0.3) is 11.1 Å². The number of carbonyl (C=O) groups is 1. The maximum absolute atomic E-state index is 15.1. The van der Waals surface area contributed by atoms with Crippen LogP contribution in [0.1, 0.15) is 21.5 Å². The van der Waals surface area contributed by atoms with E-state index in [1.807, 2.05) is 30.3 Å². The SMILES string of the molecule is CNC(=O)c1ccccc1-c1c(Cl)c(F)cc2c1CC1(c3ccccc3)CNCCN21. The molecule has 0 aliphatic carbocycles. The summed E-state index contributed by atoms with van der Waals surface area (Å²) in [6.07, 6.45) is 0.677. The molecule has 2 aliphatic rings. The van der Waals surface area contributed by atoms with E-state index in [0.29, 0.717) is 23.1 Å². The normalized spacial score (nSPS) is 19.6. The van der Waals surface area contributed by atoms with E-state index in [0.717, 1.165) is 30.9 Å². The van der Waals surface area contributed by atoms with E-state index in [-0.39, 0.29) is 16.5 Å². The lowest BCUT2D eigenvalue weighted by Gasteiger charge is -2.45. The molecule has 0 spiro atoms. The fourth-order valence-corrected chi connectivity index (χ4v) is 5.36. The van der Waals surface area contributed by atoms with E-state index in [1.165, 1.54) is 5.56 Å². The number of anilines is 1. The highest BCUT2D eigenvalue weighted by Crippen LogP contribution is 2.51. The minimum atomic E-state index is -0.468. The number of amides is 1. The number of piperazine rings is 1. The highest BCUT2D eigenvalue weighted by molar-refractivity contribution is 6.34. The number of rotatable bonds is 3. The van der Waals surface area contributed by atoms with E-state index >= 15 is 4.39 Å². The number of hydrogen-bond donors (Lipinski definition) is 2. The fraction of sp³-hybridized carbons (Fsp3) is 0.240. The van der Waals surface area contributed by atoms with Crippen molar-refractivity contribution in [2.45, 2.75) is 12.0 Å². The summed E-state index contributed by atoms with van der Waals surface area (Å²) in [6.45, 7) is 2.34. The molecule has 1 fully saturated rings. The van der Waals surface area contributed by atoms with Crippen molar-refractivity contribution >= 4 is 23.2 Å². The average Bonchev–Trinajstić information content (AvgIpc) is 3.15. The van der Waals surface area contributed by atoms with Crippen molar-refractivity contribution in [3.05, 3.63) is 88.2 Å². The van der Waals surface area contributed by atoms with Crippen molar-refractivity contribution < 1.29 is 9.18 Å². The van der Waals surface area contributed by atoms with Crippen molar-refractivity contribution in [1.82, 2.24) is 10.6 Å². The van der Waals surface area contributed by atoms with Crippen molar-refractivity contribution in [2.24, 2.45) is 0 Å². The Bertz CT molecular complexity index is 1170. The van der Waals surface area contributed by atoms with Gasteiger partial charge in [-0.15, -0.1) is 0 Å². The number of nitrogens with zero attached hydrogens (tertiary/aromatic N) is 1. The summed E-state index contributed by atoms with van der Waals surface area (Å²) in [4.78, 5) is 14.9. The summed E-state index contributed by atoms with van der Waals surface area (Å²) >= 11 is 6.58. The van der Waals surface area contributed by atoms with E-state index in [4.69, 9.17) is 11.6 Å². The molecule has 2 aliphatic heterocycles. The number of fused-ring (bicyclic) bond motifs is 3. The quantitative estimate of drug-likeness (QED) is 0.642. The lowest BCUT2D eigenvalue weighted by Crippen LogP contribution is -2.57. The Morgan fingerprint density at radius 3 is 2.68 bits per heavy atom. The molecule has 1 amide bonds. The van der Waals surface area contributed by atoms with Crippen LogP contribution in [0.3, 0.4) is 0 Å². The smallest absolute Gasteiger partial charge is 0.251 e. The number of hydrogen-bond acceptors (Lipinski definition) is 3. The topological polar surface area (TPSA) is 44.4 Å². The van der Waals surface area contributed by atoms with Crippen molar-refractivity contribution in [3.8, 4) is 11.1 Å². The second-order valence-electron chi connectivity index (χ2n) is 8.07. The van der Waals surface area contributed by atoms with Gasteiger partial charge in [0.1, 0.15) is 5.82 Å². The molecule has 31 heavy (non-hydrogen) atoms. The molecule has 1 saturated heterocycles.